The number of nitrogens with one attached hydrogen (secondary N) is 2. The maximum Gasteiger partial charge on any atom is 0.227 e. The molecule has 8 heteroatoms. The van der Waals surface area contributed by atoms with E-state index in [-0.39, 0.29) is 11.7 Å². The number of guanidine groups is 1. The van der Waals surface area contributed by atoms with Crippen LogP contribution in [0.4, 0.5) is 15.9 Å². The SMILES string of the molecule is CN=C(NCCC(=O)Nc1ccc(C)cn1)N1CCN(c2ccc(F)cc2)CC1. The first-order chi connectivity index (χ1) is 14.0. The van der Waals surface area contributed by atoms with Gasteiger partial charge in [-0.15, -0.1) is 0 Å². The van der Waals surface area contributed by atoms with Gasteiger partial charge in [0.1, 0.15) is 11.6 Å². The molecule has 0 bridgehead atoms. The predicted octanol–water partition coefficient (Wildman–Crippen LogP) is 2.26. The third-order valence-electron chi connectivity index (χ3n) is 4.80. The van der Waals surface area contributed by atoms with Crippen molar-refractivity contribution in [2.24, 2.45) is 4.99 Å². The molecule has 3 rings (SSSR count). The minimum atomic E-state index is -0.223. The van der Waals surface area contributed by atoms with Crippen molar-refractivity contribution in [2.45, 2.75) is 13.3 Å². The highest BCUT2D eigenvalue weighted by Gasteiger charge is 2.20. The Morgan fingerprint density at radius 1 is 1.14 bits per heavy atom. The van der Waals surface area contributed by atoms with E-state index in [1.807, 2.05) is 13.0 Å². The van der Waals surface area contributed by atoms with Crippen molar-refractivity contribution in [3.05, 3.63) is 54.0 Å². The van der Waals surface area contributed by atoms with Crippen LogP contribution in [0.25, 0.3) is 0 Å². The first kappa shape index (κ1) is 20.6. The van der Waals surface area contributed by atoms with Crippen LogP contribution >= 0.6 is 0 Å². The van der Waals surface area contributed by atoms with Crippen LogP contribution in [-0.2, 0) is 4.79 Å². The zero-order chi connectivity index (χ0) is 20.6. The van der Waals surface area contributed by atoms with E-state index in [9.17, 15) is 9.18 Å². The standard InChI is InChI=1S/C21H27FN6O/c1-16-3-8-19(25-15-16)26-20(29)9-10-24-21(23-2)28-13-11-27(12-14-28)18-6-4-17(22)5-7-18/h3-8,15H,9-14H2,1-2H3,(H,23,24)(H,25,26,29). The molecule has 2 heterocycles. The molecule has 1 amide bonds. The van der Waals surface area contributed by atoms with Gasteiger partial charge in [0.05, 0.1) is 0 Å². The third-order valence-corrected chi connectivity index (χ3v) is 4.80. The molecular weight excluding hydrogens is 371 g/mol. The van der Waals surface area contributed by atoms with Crippen LogP contribution in [0.5, 0.6) is 0 Å². The average Bonchev–Trinajstić information content (AvgIpc) is 2.74. The summed E-state index contributed by atoms with van der Waals surface area (Å²) in [6, 6.07) is 10.3. The Bertz CT molecular complexity index is 829. The van der Waals surface area contributed by atoms with Crippen molar-refractivity contribution in [3.8, 4) is 0 Å². The van der Waals surface area contributed by atoms with E-state index in [0.29, 0.717) is 18.8 Å². The number of pyridine rings is 1. The lowest BCUT2D eigenvalue weighted by atomic mass is 10.2. The quantitative estimate of drug-likeness (QED) is 0.597. The molecule has 154 valence electrons. The van der Waals surface area contributed by atoms with E-state index in [2.05, 4.69) is 30.4 Å². The topological polar surface area (TPSA) is 72.9 Å². The zero-order valence-electron chi connectivity index (χ0n) is 16.9. The van der Waals surface area contributed by atoms with E-state index in [0.717, 1.165) is 43.4 Å². The Labute approximate surface area is 170 Å². The molecule has 1 aromatic carbocycles. The second-order valence-corrected chi connectivity index (χ2v) is 6.94. The summed E-state index contributed by atoms with van der Waals surface area (Å²) in [7, 11) is 1.74. The normalized spacial score (nSPS) is 14.7. The number of nitrogens with zero attached hydrogens (tertiary/aromatic N) is 4. The molecule has 0 unspecified atom stereocenters. The van der Waals surface area contributed by atoms with Gasteiger partial charge in [0, 0.05) is 58.1 Å². The van der Waals surface area contributed by atoms with Crippen molar-refractivity contribution in [1.29, 1.82) is 0 Å². The van der Waals surface area contributed by atoms with Gasteiger partial charge >= 0.3 is 0 Å². The van der Waals surface area contributed by atoms with Crippen molar-refractivity contribution < 1.29 is 9.18 Å². The number of amides is 1. The van der Waals surface area contributed by atoms with Crippen molar-refractivity contribution in [1.82, 2.24) is 15.2 Å². The number of carbonyl (C=O) groups is 1. The number of halogens is 1. The van der Waals surface area contributed by atoms with Gasteiger partial charge in [-0.05, 0) is 42.8 Å². The average molecular weight is 398 g/mol. The van der Waals surface area contributed by atoms with Gasteiger partial charge in [-0.3, -0.25) is 9.79 Å². The number of benzene rings is 1. The number of hydrogen-bond donors (Lipinski definition) is 2. The van der Waals surface area contributed by atoms with Gasteiger partial charge in [-0.2, -0.15) is 0 Å². The Morgan fingerprint density at radius 2 is 1.86 bits per heavy atom. The van der Waals surface area contributed by atoms with E-state index in [1.165, 1.54) is 12.1 Å². The fourth-order valence-electron chi connectivity index (χ4n) is 3.20. The maximum absolute atomic E-state index is 13.1. The van der Waals surface area contributed by atoms with Crippen LogP contribution in [-0.4, -0.2) is 61.5 Å². The summed E-state index contributed by atoms with van der Waals surface area (Å²) in [6.45, 7) is 5.70. The lowest BCUT2D eigenvalue weighted by molar-refractivity contribution is -0.116. The molecule has 1 saturated heterocycles. The lowest BCUT2D eigenvalue weighted by Crippen LogP contribution is -2.52. The van der Waals surface area contributed by atoms with Gasteiger partial charge in [-0.1, -0.05) is 6.07 Å². The number of aliphatic imine (C=N–C) groups is 1. The minimum Gasteiger partial charge on any atom is -0.368 e. The fraction of sp³-hybridized carbons (Fsp3) is 0.381. The minimum absolute atomic E-state index is 0.0922. The van der Waals surface area contributed by atoms with E-state index < -0.39 is 0 Å². The van der Waals surface area contributed by atoms with Gasteiger partial charge < -0.3 is 20.4 Å². The highest BCUT2D eigenvalue weighted by Crippen LogP contribution is 2.17. The lowest BCUT2D eigenvalue weighted by Gasteiger charge is -2.37. The second-order valence-electron chi connectivity index (χ2n) is 6.94. The van der Waals surface area contributed by atoms with Gasteiger partial charge in [-0.25, -0.2) is 9.37 Å². The van der Waals surface area contributed by atoms with E-state index in [1.54, 1.807) is 31.4 Å². The summed E-state index contributed by atoms with van der Waals surface area (Å²) in [5.74, 6) is 1.02. The van der Waals surface area contributed by atoms with Crippen LogP contribution in [0.3, 0.4) is 0 Å². The smallest absolute Gasteiger partial charge is 0.227 e. The van der Waals surface area contributed by atoms with Crippen LogP contribution in [0, 0.1) is 12.7 Å². The Balaban J connectivity index is 1.42. The summed E-state index contributed by atoms with van der Waals surface area (Å²) < 4.78 is 13.1. The fourth-order valence-corrected chi connectivity index (χ4v) is 3.20. The largest absolute Gasteiger partial charge is 0.368 e. The Kier molecular flexibility index (Phi) is 6.99. The van der Waals surface area contributed by atoms with Crippen LogP contribution in [0.2, 0.25) is 0 Å². The third kappa shape index (κ3) is 5.91. The number of rotatable bonds is 5. The van der Waals surface area contributed by atoms with Gasteiger partial charge in [0.2, 0.25) is 5.91 Å². The number of aromatic nitrogens is 1. The van der Waals surface area contributed by atoms with Crippen LogP contribution in [0.15, 0.2) is 47.6 Å². The summed E-state index contributed by atoms with van der Waals surface area (Å²) in [4.78, 5) is 25.0. The van der Waals surface area contributed by atoms with Crippen LogP contribution < -0.4 is 15.5 Å². The van der Waals surface area contributed by atoms with E-state index >= 15 is 0 Å². The Hall–Kier alpha value is -3.16. The molecule has 0 atom stereocenters. The highest BCUT2D eigenvalue weighted by molar-refractivity contribution is 5.90. The molecule has 1 fully saturated rings. The zero-order valence-corrected chi connectivity index (χ0v) is 16.9. The number of carbonyl (C=O) groups excluding carboxylic acids is 1. The molecule has 0 spiro atoms. The highest BCUT2D eigenvalue weighted by atomic mass is 19.1. The molecule has 2 N–H and O–H groups in total. The molecule has 29 heavy (non-hydrogen) atoms. The van der Waals surface area contributed by atoms with Crippen molar-refractivity contribution >= 4 is 23.4 Å². The molecule has 0 radical (unpaired) electrons. The van der Waals surface area contributed by atoms with Crippen molar-refractivity contribution in [3.63, 3.8) is 0 Å². The van der Waals surface area contributed by atoms with Crippen LogP contribution in [0.1, 0.15) is 12.0 Å². The summed E-state index contributed by atoms with van der Waals surface area (Å²) in [5, 5.41) is 6.05. The molecule has 0 saturated carbocycles. The Morgan fingerprint density at radius 3 is 2.48 bits per heavy atom. The number of hydrogen-bond acceptors (Lipinski definition) is 4. The number of piperazine rings is 1. The molecule has 1 aromatic heterocycles. The van der Waals surface area contributed by atoms with Gasteiger partial charge in [0.25, 0.3) is 0 Å². The first-order valence-corrected chi connectivity index (χ1v) is 9.74. The molecular formula is C21H27FN6O. The van der Waals surface area contributed by atoms with Crippen molar-refractivity contribution in [2.75, 3.05) is 50.0 Å². The summed E-state index contributed by atoms with van der Waals surface area (Å²) in [6.07, 6.45) is 2.05. The summed E-state index contributed by atoms with van der Waals surface area (Å²) in [5.41, 5.74) is 2.07. The monoisotopic (exact) mass is 398 g/mol. The predicted molar refractivity (Wildman–Crippen MR) is 114 cm³/mol. The maximum atomic E-state index is 13.1. The molecule has 2 aromatic rings. The van der Waals surface area contributed by atoms with E-state index in [4.69, 9.17) is 0 Å². The molecule has 7 nitrogen and oxygen atoms in total. The summed E-state index contributed by atoms with van der Waals surface area (Å²) >= 11 is 0. The molecule has 1 aliphatic heterocycles. The molecule has 1 aliphatic rings. The second kappa shape index (κ2) is 9.86. The molecule has 0 aliphatic carbocycles. The first-order valence-electron chi connectivity index (χ1n) is 9.74. The van der Waals surface area contributed by atoms with Gasteiger partial charge in [0.15, 0.2) is 5.96 Å². The number of anilines is 2. The number of aryl methyl sites for hydroxylation is 1.